The van der Waals surface area contributed by atoms with Gasteiger partial charge in [-0.15, -0.1) is 11.8 Å². The molecule has 0 aromatic heterocycles. The molecule has 0 aliphatic heterocycles. The Morgan fingerprint density at radius 3 is 2.63 bits per heavy atom. The van der Waals surface area contributed by atoms with E-state index in [9.17, 15) is 0 Å². The van der Waals surface area contributed by atoms with Gasteiger partial charge in [0, 0.05) is 11.0 Å². The molecule has 0 amide bonds. The minimum Gasteiger partial charge on any atom is -0.492 e. The summed E-state index contributed by atoms with van der Waals surface area (Å²) in [4.78, 5) is 1.09. The van der Waals surface area contributed by atoms with Crippen LogP contribution in [0.15, 0.2) is 47.4 Å². The maximum atomic E-state index is 5.89. The SMILES string of the molecule is CCOc1cc(Oc2ccccc2SC)ccc1N. The minimum atomic E-state index is 0.578. The van der Waals surface area contributed by atoms with Crippen LogP contribution >= 0.6 is 11.8 Å². The van der Waals surface area contributed by atoms with Crippen molar-refractivity contribution in [1.82, 2.24) is 0 Å². The molecule has 0 saturated heterocycles. The summed E-state index contributed by atoms with van der Waals surface area (Å²) in [5, 5.41) is 0. The average Bonchev–Trinajstić information content (AvgIpc) is 2.43. The van der Waals surface area contributed by atoms with E-state index in [1.165, 1.54) is 0 Å². The van der Waals surface area contributed by atoms with Gasteiger partial charge in [0.2, 0.25) is 0 Å². The van der Waals surface area contributed by atoms with Crippen molar-refractivity contribution in [2.24, 2.45) is 0 Å². The van der Waals surface area contributed by atoms with Crippen molar-refractivity contribution in [2.45, 2.75) is 11.8 Å². The summed E-state index contributed by atoms with van der Waals surface area (Å²) in [5.41, 5.74) is 6.46. The molecule has 0 heterocycles. The standard InChI is InChI=1S/C15H17NO2S/c1-3-17-14-10-11(8-9-12(14)16)18-13-6-4-5-7-15(13)19-2/h4-10H,3,16H2,1-2H3. The Kier molecular flexibility index (Phi) is 4.58. The molecule has 4 heteroatoms. The van der Waals surface area contributed by atoms with Gasteiger partial charge in [0.05, 0.1) is 12.3 Å². The molecule has 0 bridgehead atoms. The van der Waals surface area contributed by atoms with Crippen LogP contribution in [0.2, 0.25) is 0 Å². The second-order valence-corrected chi connectivity index (χ2v) is 4.73. The first kappa shape index (κ1) is 13.6. The Hall–Kier alpha value is -1.81. The number of nitrogens with two attached hydrogens (primary N) is 1. The fourth-order valence-corrected chi connectivity index (χ4v) is 2.21. The van der Waals surface area contributed by atoms with Gasteiger partial charge in [-0.1, -0.05) is 12.1 Å². The van der Waals surface area contributed by atoms with Crippen molar-refractivity contribution in [2.75, 3.05) is 18.6 Å². The van der Waals surface area contributed by atoms with Crippen molar-refractivity contribution < 1.29 is 9.47 Å². The van der Waals surface area contributed by atoms with Crippen LogP contribution in [0.25, 0.3) is 0 Å². The van der Waals surface area contributed by atoms with E-state index in [2.05, 4.69) is 0 Å². The summed E-state index contributed by atoms with van der Waals surface area (Å²) in [7, 11) is 0. The topological polar surface area (TPSA) is 44.5 Å². The first-order chi connectivity index (χ1) is 9.24. The van der Waals surface area contributed by atoms with Crippen molar-refractivity contribution in [3.63, 3.8) is 0 Å². The molecule has 0 aliphatic rings. The number of thioether (sulfide) groups is 1. The van der Waals surface area contributed by atoms with E-state index < -0.39 is 0 Å². The quantitative estimate of drug-likeness (QED) is 0.656. The summed E-state index contributed by atoms with van der Waals surface area (Å²) in [6.07, 6.45) is 2.02. The first-order valence-corrected chi connectivity index (χ1v) is 7.30. The normalized spacial score (nSPS) is 10.2. The maximum absolute atomic E-state index is 5.89. The summed E-state index contributed by atoms with van der Waals surface area (Å²) < 4.78 is 11.3. The lowest BCUT2D eigenvalue weighted by molar-refractivity contribution is 0.340. The molecule has 0 spiro atoms. The molecule has 2 N–H and O–H groups in total. The highest BCUT2D eigenvalue weighted by Gasteiger charge is 2.06. The highest BCUT2D eigenvalue weighted by atomic mass is 32.2. The van der Waals surface area contributed by atoms with E-state index in [4.69, 9.17) is 15.2 Å². The second-order valence-electron chi connectivity index (χ2n) is 3.89. The zero-order chi connectivity index (χ0) is 13.7. The van der Waals surface area contributed by atoms with Gasteiger partial charge in [-0.05, 0) is 37.4 Å². The number of para-hydroxylation sites is 1. The number of hydrogen-bond donors (Lipinski definition) is 1. The maximum Gasteiger partial charge on any atom is 0.145 e. The zero-order valence-corrected chi connectivity index (χ0v) is 11.9. The number of ether oxygens (including phenoxy) is 2. The Morgan fingerprint density at radius 1 is 1.11 bits per heavy atom. The van der Waals surface area contributed by atoms with Crippen molar-refractivity contribution >= 4 is 17.4 Å². The monoisotopic (exact) mass is 275 g/mol. The van der Waals surface area contributed by atoms with Gasteiger partial charge in [-0.3, -0.25) is 0 Å². The highest BCUT2D eigenvalue weighted by molar-refractivity contribution is 7.98. The van der Waals surface area contributed by atoms with Crippen molar-refractivity contribution in [3.8, 4) is 17.2 Å². The molecule has 3 nitrogen and oxygen atoms in total. The highest BCUT2D eigenvalue weighted by Crippen LogP contribution is 2.34. The van der Waals surface area contributed by atoms with Gasteiger partial charge in [-0.2, -0.15) is 0 Å². The summed E-state index contributed by atoms with van der Waals surface area (Å²) >= 11 is 1.65. The predicted octanol–water partition coefficient (Wildman–Crippen LogP) is 4.18. The molecule has 0 fully saturated rings. The molecule has 0 radical (unpaired) electrons. The van der Waals surface area contributed by atoms with Crippen LogP contribution in [0, 0.1) is 0 Å². The van der Waals surface area contributed by atoms with Gasteiger partial charge >= 0.3 is 0 Å². The minimum absolute atomic E-state index is 0.578. The lowest BCUT2D eigenvalue weighted by atomic mass is 10.2. The molecular formula is C15H17NO2S. The number of benzene rings is 2. The predicted molar refractivity (Wildman–Crippen MR) is 80.3 cm³/mol. The summed E-state index contributed by atoms with van der Waals surface area (Å²) in [6.45, 7) is 2.51. The fourth-order valence-electron chi connectivity index (χ4n) is 1.69. The van der Waals surface area contributed by atoms with E-state index in [1.54, 1.807) is 17.8 Å². The van der Waals surface area contributed by atoms with E-state index in [1.807, 2.05) is 49.6 Å². The van der Waals surface area contributed by atoms with Gasteiger partial charge in [0.15, 0.2) is 0 Å². The smallest absolute Gasteiger partial charge is 0.145 e. The van der Waals surface area contributed by atoms with Crippen LogP contribution in [0.1, 0.15) is 6.92 Å². The Bertz CT molecular complexity index is 558. The number of anilines is 1. The van der Waals surface area contributed by atoms with E-state index in [0.717, 1.165) is 16.4 Å². The third-order valence-electron chi connectivity index (χ3n) is 2.58. The van der Waals surface area contributed by atoms with Gasteiger partial charge in [0.1, 0.15) is 17.2 Å². The second kappa shape index (κ2) is 6.38. The number of hydrogen-bond acceptors (Lipinski definition) is 4. The molecule has 0 unspecified atom stereocenters. The van der Waals surface area contributed by atoms with Crippen LogP contribution in [0.3, 0.4) is 0 Å². The first-order valence-electron chi connectivity index (χ1n) is 6.07. The number of rotatable bonds is 5. The van der Waals surface area contributed by atoms with Gasteiger partial charge < -0.3 is 15.2 Å². The summed E-state index contributed by atoms with van der Waals surface area (Å²) in [5.74, 6) is 2.21. The zero-order valence-electron chi connectivity index (χ0n) is 11.1. The van der Waals surface area contributed by atoms with Crippen LogP contribution in [0.4, 0.5) is 5.69 Å². The largest absolute Gasteiger partial charge is 0.492 e. The molecule has 2 rings (SSSR count). The van der Waals surface area contributed by atoms with Crippen LogP contribution < -0.4 is 15.2 Å². The Balaban J connectivity index is 2.25. The average molecular weight is 275 g/mol. The van der Waals surface area contributed by atoms with Gasteiger partial charge in [-0.25, -0.2) is 0 Å². The van der Waals surface area contributed by atoms with Gasteiger partial charge in [0.25, 0.3) is 0 Å². The van der Waals surface area contributed by atoms with Crippen molar-refractivity contribution in [3.05, 3.63) is 42.5 Å². The molecule has 2 aromatic rings. The lowest BCUT2D eigenvalue weighted by Gasteiger charge is -2.12. The molecule has 0 aliphatic carbocycles. The van der Waals surface area contributed by atoms with Crippen LogP contribution in [0.5, 0.6) is 17.2 Å². The van der Waals surface area contributed by atoms with E-state index in [-0.39, 0.29) is 0 Å². The number of nitrogen functional groups attached to an aromatic ring is 1. The van der Waals surface area contributed by atoms with E-state index in [0.29, 0.717) is 18.0 Å². The van der Waals surface area contributed by atoms with Crippen LogP contribution in [-0.2, 0) is 0 Å². The fraction of sp³-hybridized carbons (Fsp3) is 0.200. The van der Waals surface area contributed by atoms with E-state index >= 15 is 0 Å². The Morgan fingerprint density at radius 2 is 1.89 bits per heavy atom. The molecule has 0 saturated carbocycles. The third-order valence-corrected chi connectivity index (χ3v) is 3.36. The molecule has 2 aromatic carbocycles. The Labute approximate surface area is 117 Å². The molecule has 100 valence electrons. The lowest BCUT2D eigenvalue weighted by Crippen LogP contribution is -1.97. The van der Waals surface area contributed by atoms with Crippen LogP contribution in [-0.4, -0.2) is 12.9 Å². The molecular weight excluding hydrogens is 258 g/mol. The molecule has 19 heavy (non-hydrogen) atoms. The molecule has 0 atom stereocenters. The van der Waals surface area contributed by atoms with Crippen molar-refractivity contribution in [1.29, 1.82) is 0 Å². The third kappa shape index (κ3) is 3.35. The summed E-state index contributed by atoms with van der Waals surface area (Å²) in [6, 6.07) is 13.4.